The van der Waals surface area contributed by atoms with Crippen LogP contribution in [-0.2, 0) is 0 Å². The number of aromatic amines is 1. The van der Waals surface area contributed by atoms with Gasteiger partial charge >= 0.3 is 0 Å². The van der Waals surface area contributed by atoms with E-state index in [2.05, 4.69) is 9.98 Å². The zero-order valence-corrected chi connectivity index (χ0v) is 9.87. The standard InChI is InChI=1S/C14H12F2N2/c1-8-4-10(7-17-14(8)16)13-6-9-5-11(15)2-3-12(9)18-13/h2-3,5-8,18H,4H2,1H3. The second-order valence-electron chi connectivity index (χ2n) is 4.63. The average Bonchev–Trinajstić information content (AvgIpc) is 2.75. The zero-order valence-electron chi connectivity index (χ0n) is 9.87. The van der Waals surface area contributed by atoms with Crippen LogP contribution in [0.25, 0.3) is 16.5 Å². The molecule has 3 rings (SSSR count). The highest BCUT2D eigenvalue weighted by Gasteiger charge is 2.18. The number of hydrogen-bond acceptors (Lipinski definition) is 1. The van der Waals surface area contributed by atoms with E-state index in [0.29, 0.717) is 6.42 Å². The van der Waals surface area contributed by atoms with Crippen molar-refractivity contribution < 1.29 is 8.78 Å². The predicted octanol–water partition coefficient (Wildman–Crippen LogP) is 4.06. The summed E-state index contributed by atoms with van der Waals surface area (Å²) in [5, 5.41) is 0.813. The molecule has 1 aromatic heterocycles. The Bertz CT molecular complexity index is 667. The van der Waals surface area contributed by atoms with Crippen LogP contribution in [0.1, 0.15) is 19.0 Å². The fourth-order valence-corrected chi connectivity index (χ4v) is 2.19. The number of fused-ring (bicyclic) bond motifs is 1. The second kappa shape index (κ2) is 4.05. The summed E-state index contributed by atoms with van der Waals surface area (Å²) in [7, 11) is 0. The highest BCUT2D eigenvalue weighted by Crippen LogP contribution is 2.29. The molecule has 0 spiro atoms. The summed E-state index contributed by atoms with van der Waals surface area (Å²) in [4.78, 5) is 6.95. The molecule has 2 aromatic rings. The first-order chi connectivity index (χ1) is 8.63. The first-order valence-corrected chi connectivity index (χ1v) is 5.84. The summed E-state index contributed by atoms with van der Waals surface area (Å²) >= 11 is 0. The lowest BCUT2D eigenvalue weighted by atomic mass is 9.98. The Kier molecular flexibility index (Phi) is 2.51. The Morgan fingerprint density at radius 3 is 2.89 bits per heavy atom. The molecule has 0 saturated carbocycles. The van der Waals surface area contributed by atoms with E-state index in [0.717, 1.165) is 22.2 Å². The molecule has 0 saturated heterocycles. The molecule has 1 atom stereocenters. The molecule has 92 valence electrons. The Hall–Kier alpha value is -1.97. The minimum atomic E-state index is -0.332. The number of nitrogens with one attached hydrogen (secondary N) is 1. The largest absolute Gasteiger partial charge is 0.355 e. The van der Waals surface area contributed by atoms with Gasteiger partial charge in [-0.25, -0.2) is 9.38 Å². The van der Waals surface area contributed by atoms with Crippen LogP contribution >= 0.6 is 0 Å². The lowest BCUT2D eigenvalue weighted by Gasteiger charge is -2.14. The molecule has 0 radical (unpaired) electrons. The van der Waals surface area contributed by atoms with Gasteiger partial charge in [-0.05, 0) is 36.3 Å². The molecule has 1 aliphatic heterocycles. The molecule has 4 heteroatoms. The van der Waals surface area contributed by atoms with E-state index in [-0.39, 0.29) is 17.7 Å². The van der Waals surface area contributed by atoms with Gasteiger partial charge in [-0.2, -0.15) is 4.39 Å². The van der Waals surface area contributed by atoms with E-state index in [1.165, 1.54) is 18.3 Å². The average molecular weight is 246 g/mol. The summed E-state index contributed by atoms with van der Waals surface area (Å²) in [6.45, 7) is 1.80. The van der Waals surface area contributed by atoms with Crippen LogP contribution in [0.4, 0.5) is 8.78 Å². The van der Waals surface area contributed by atoms with Crippen LogP contribution in [0.5, 0.6) is 0 Å². The Labute approximate surface area is 103 Å². The number of allylic oxidation sites excluding steroid dienone is 1. The van der Waals surface area contributed by atoms with Crippen molar-refractivity contribution >= 4 is 22.4 Å². The van der Waals surface area contributed by atoms with E-state index in [9.17, 15) is 8.78 Å². The number of H-pyrrole nitrogens is 1. The summed E-state index contributed by atoms with van der Waals surface area (Å²) < 4.78 is 26.3. The summed E-state index contributed by atoms with van der Waals surface area (Å²) in [6, 6.07) is 6.46. The maximum Gasteiger partial charge on any atom is 0.192 e. The van der Waals surface area contributed by atoms with Gasteiger partial charge in [0.15, 0.2) is 5.97 Å². The molecule has 0 bridgehead atoms. The number of halogens is 2. The first-order valence-electron chi connectivity index (χ1n) is 5.84. The van der Waals surface area contributed by atoms with Crippen molar-refractivity contribution in [2.75, 3.05) is 0 Å². The van der Waals surface area contributed by atoms with Crippen LogP contribution in [0.15, 0.2) is 35.5 Å². The topological polar surface area (TPSA) is 28.1 Å². The molecule has 18 heavy (non-hydrogen) atoms. The number of rotatable bonds is 1. The van der Waals surface area contributed by atoms with Crippen molar-refractivity contribution in [2.45, 2.75) is 13.3 Å². The summed E-state index contributed by atoms with van der Waals surface area (Å²) in [5.41, 5.74) is 2.69. The third-order valence-electron chi connectivity index (χ3n) is 3.21. The van der Waals surface area contributed by atoms with Gasteiger partial charge in [-0.1, -0.05) is 6.92 Å². The van der Waals surface area contributed by atoms with Gasteiger partial charge in [0.05, 0.1) is 0 Å². The quantitative estimate of drug-likeness (QED) is 0.786. The molecule has 2 heterocycles. The first kappa shape index (κ1) is 11.1. The lowest BCUT2D eigenvalue weighted by molar-refractivity contribution is 0.629. The van der Waals surface area contributed by atoms with Gasteiger partial charge in [-0.3, -0.25) is 0 Å². The minimum absolute atomic E-state index is 0.201. The van der Waals surface area contributed by atoms with E-state index >= 15 is 0 Å². The van der Waals surface area contributed by atoms with Crippen LogP contribution in [-0.4, -0.2) is 10.9 Å². The van der Waals surface area contributed by atoms with Gasteiger partial charge in [0.25, 0.3) is 0 Å². The molecule has 2 nitrogen and oxygen atoms in total. The summed E-state index contributed by atoms with van der Waals surface area (Å²) in [5.74, 6) is -0.794. The molecule has 0 aliphatic carbocycles. The Morgan fingerprint density at radius 2 is 2.11 bits per heavy atom. The molecule has 1 N–H and O–H groups in total. The number of aliphatic imine (C=N–C) groups is 1. The zero-order chi connectivity index (χ0) is 12.7. The van der Waals surface area contributed by atoms with Crippen molar-refractivity contribution in [1.82, 2.24) is 4.98 Å². The van der Waals surface area contributed by atoms with E-state index < -0.39 is 0 Å². The molecule has 1 unspecified atom stereocenters. The van der Waals surface area contributed by atoms with Crippen LogP contribution in [0, 0.1) is 11.7 Å². The lowest BCUT2D eigenvalue weighted by Crippen LogP contribution is -2.09. The third kappa shape index (κ3) is 1.83. The maximum absolute atomic E-state index is 13.2. The molecule has 0 amide bonds. The highest BCUT2D eigenvalue weighted by molar-refractivity contribution is 5.88. The van der Waals surface area contributed by atoms with Crippen molar-refractivity contribution in [3.63, 3.8) is 0 Å². The van der Waals surface area contributed by atoms with Gasteiger partial charge < -0.3 is 4.98 Å². The minimum Gasteiger partial charge on any atom is -0.355 e. The van der Waals surface area contributed by atoms with Crippen LogP contribution in [0.2, 0.25) is 0 Å². The fraction of sp³-hybridized carbons (Fsp3) is 0.214. The molecule has 0 fully saturated rings. The highest BCUT2D eigenvalue weighted by atomic mass is 19.1. The van der Waals surface area contributed by atoms with Crippen molar-refractivity contribution in [1.29, 1.82) is 0 Å². The Morgan fingerprint density at radius 1 is 1.28 bits per heavy atom. The molecule has 1 aliphatic rings. The van der Waals surface area contributed by atoms with Crippen molar-refractivity contribution in [2.24, 2.45) is 10.9 Å². The fourth-order valence-electron chi connectivity index (χ4n) is 2.19. The van der Waals surface area contributed by atoms with E-state index in [4.69, 9.17) is 0 Å². The number of benzene rings is 1. The van der Waals surface area contributed by atoms with Gasteiger partial charge in [-0.15, -0.1) is 0 Å². The normalized spacial score (nSPS) is 19.8. The van der Waals surface area contributed by atoms with E-state index in [1.54, 1.807) is 13.0 Å². The predicted molar refractivity (Wildman–Crippen MR) is 68.6 cm³/mol. The smallest absolute Gasteiger partial charge is 0.192 e. The van der Waals surface area contributed by atoms with E-state index in [1.807, 2.05) is 6.07 Å². The van der Waals surface area contributed by atoms with Crippen LogP contribution < -0.4 is 0 Å². The molecule has 1 aromatic carbocycles. The second-order valence-corrected chi connectivity index (χ2v) is 4.63. The molecular weight excluding hydrogens is 234 g/mol. The van der Waals surface area contributed by atoms with Gasteiger partial charge in [0.2, 0.25) is 0 Å². The van der Waals surface area contributed by atoms with Crippen molar-refractivity contribution in [3.8, 4) is 0 Å². The SMILES string of the molecule is CC1CC(c2cc3cc(F)ccc3[nH]2)=CN=C1F. The number of hydrogen-bond donors (Lipinski definition) is 1. The monoisotopic (exact) mass is 246 g/mol. The molecular formula is C14H12F2N2. The van der Waals surface area contributed by atoms with Crippen molar-refractivity contribution in [3.05, 3.63) is 42.0 Å². The summed E-state index contributed by atoms with van der Waals surface area (Å²) in [6.07, 6.45) is 2.14. The van der Waals surface area contributed by atoms with Gasteiger partial charge in [0, 0.05) is 28.7 Å². The number of nitrogens with zero attached hydrogens (tertiary/aromatic N) is 1. The van der Waals surface area contributed by atoms with Gasteiger partial charge in [0.1, 0.15) is 5.82 Å². The Balaban J connectivity index is 2.05. The number of aromatic nitrogens is 1. The third-order valence-corrected chi connectivity index (χ3v) is 3.21. The van der Waals surface area contributed by atoms with Crippen LogP contribution in [0.3, 0.4) is 0 Å². The maximum atomic E-state index is 13.2.